The van der Waals surface area contributed by atoms with E-state index in [1.807, 2.05) is 0 Å². The first kappa shape index (κ1) is 9.44. The molecule has 0 aromatic carbocycles. The molecule has 2 aliphatic heterocycles. The summed E-state index contributed by atoms with van der Waals surface area (Å²) in [7, 11) is 2.24. The lowest BCUT2D eigenvalue weighted by Gasteiger charge is -2.42. The van der Waals surface area contributed by atoms with E-state index in [4.69, 9.17) is 5.73 Å². The summed E-state index contributed by atoms with van der Waals surface area (Å²) in [6.45, 7) is 4.63. The lowest BCUT2D eigenvalue weighted by molar-refractivity contribution is 0.0689. The second-order valence-corrected chi connectivity index (χ2v) is 4.38. The van der Waals surface area contributed by atoms with E-state index in [0.717, 1.165) is 12.6 Å². The van der Waals surface area contributed by atoms with Crippen molar-refractivity contribution in [3.8, 4) is 0 Å². The Labute approximate surface area is 80.9 Å². The van der Waals surface area contributed by atoms with Crippen LogP contribution in [-0.2, 0) is 0 Å². The van der Waals surface area contributed by atoms with E-state index in [2.05, 4.69) is 16.8 Å². The Morgan fingerprint density at radius 3 is 2.46 bits per heavy atom. The quantitative estimate of drug-likeness (QED) is 0.674. The number of rotatable bonds is 3. The number of hydrogen-bond acceptors (Lipinski definition) is 3. The van der Waals surface area contributed by atoms with E-state index >= 15 is 0 Å². The maximum absolute atomic E-state index is 5.86. The SMILES string of the molecule is CN1CCCC1C(CN)N1CCC1. The summed E-state index contributed by atoms with van der Waals surface area (Å²) in [5.74, 6) is 0. The zero-order valence-electron chi connectivity index (χ0n) is 8.58. The third-order valence-corrected chi connectivity index (χ3v) is 3.62. The number of nitrogens with two attached hydrogens (primary N) is 1. The molecule has 2 rings (SSSR count). The van der Waals surface area contributed by atoms with Crippen molar-refractivity contribution in [3.05, 3.63) is 0 Å². The Morgan fingerprint density at radius 2 is 2.08 bits per heavy atom. The Balaban J connectivity index is 1.94. The Hall–Kier alpha value is -0.120. The third kappa shape index (κ3) is 1.73. The standard InChI is InChI=1S/C10H21N3/c1-12-5-2-4-9(12)10(8-11)13-6-3-7-13/h9-10H,2-8,11H2,1H3. The number of nitrogens with zero attached hydrogens (tertiary/aromatic N) is 2. The first-order valence-electron chi connectivity index (χ1n) is 5.47. The largest absolute Gasteiger partial charge is 0.329 e. The molecular weight excluding hydrogens is 162 g/mol. The van der Waals surface area contributed by atoms with Gasteiger partial charge in [-0.2, -0.15) is 0 Å². The highest BCUT2D eigenvalue weighted by molar-refractivity contribution is 4.92. The van der Waals surface area contributed by atoms with E-state index in [-0.39, 0.29) is 0 Å². The van der Waals surface area contributed by atoms with Gasteiger partial charge in [-0.15, -0.1) is 0 Å². The van der Waals surface area contributed by atoms with Gasteiger partial charge in [0.05, 0.1) is 0 Å². The summed E-state index contributed by atoms with van der Waals surface area (Å²) in [5, 5.41) is 0. The highest BCUT2D eigenvalue weighted by Crippen LogP contribution is 2.23. The van der Waals surface area contributed by atoms with Crippen molar-refractivity contribution < 1.29 is 0 Å². The molecule has 2 heterocycles. The van der Waals surface area contributed by atoms with E-state index < -0.39 is 0 Å². The van der Waals surface area contributed by atoms with Crippen molar-refractivity contribution >= 4 is 0 Å². The van der Waals surface area contributed by atoms with Crippen LogP contribution in [0.3, 0.4) is 0 Å². The molecule has 0 bridgehead atoms. The minimum Gasteiger partial charge on any atom is -0.329 e. The van der Waals surface area contributed by atoms with Gasteiger partial charge in [-0.05, 0) is 45.9 Å². The molecular formula is C10H21N3. The van der Waals surface area contributed by atoms with Gasteiger partial charge in [0.25, 0.3) is 0 Å². The molecule has 2 N–H and O–H groups in total. The zero-order chi connectivity index (χ0) is 9.26. The van der Waals surface area contributed by atoms with Crippen LogP contribution in [0, 0.1) is 0 Å². The minimum atomic E-state index is 0.626. The van der Waals surface area contributed by atoms with Gasteiger partial charge in [0.15, 0.2) is 0 Å². The second-order valence-electron chi connectivity index (χ2n) is 4.38. The average Bonchev–Trinajstić information content (AvgIpc) is 2.43. The fourth-order valence-corrected chi connectivity index (χ4v) is 2.64. The van der Waals surface area contributed by atoms with Crippen molar-refractivity contribution in [1.82, 2.24) is 9.80 Å². The van der Waals surface area contributed by atoms with Gasteiger partial charge in [-0.25, -0.2) is 0 Å². The molecule has 13 heavy (non-hydrogen) atoms. The zero-order valence-corrected chi connectivity index (χ0v) is 8.58. The Bertz CT molecular complexity index is 168. The van der Waals surface area contributed by atoms with Gasteiger partial charge in [0.1, 0.15) is 0 Å². The fourth-order valence-electron chi connectivity index (χ4n) is 2.64. The summed E-state index contributed by atoms with van der Waals surface area (Å²) in [4.78, 5) is 5.03. The van der Waals surface area contributed by atoms with Crippen LogP contribution in [0.15, 0.2) is 0 Å². The monoisotopic (exact) mass is 183 g/mol. The normalized spacial score (nSPS) is 33.2. The van der Waals surface area contributed by atoms with Gasteiger partial charge in [-0.3, -0.25) is 4.90 Å². The summed E-state index contributed by atoms with van der Waals surface area (Å²) in [6.07, 6.45) is 4.06. The molecule has 0 aromatic heterocycles. The molecule has 2 unspecified atom stereocenters. The molecule has 76 valence electrons. The van der Waals surface area contributed by atoms with Crippen molar-refractivity contribution in [2.45, 2.75) is 31.3 Å². The van der Waals surface area contributed by atoms with E-state index in [1.54, 1.807) is 0 Å². The summed E-state index contributed by atoms with van der Waals surface area (Å²) in [5.41, 5.74) is 5.86. The topological polar surface area (TPSA) is 32.5 Å². The van der Waals surface area contributed by atoms with E-state index in [9.17, 15) is 0 Å². The van der Waals surface area contributed by atoms with Crippen LogP contribution in [0.25, 0.3) is 0 Å². The van der Waals surface area contributed by atoms with Crippen LogP contribution >= 0.6 is 0 Å². The maximum atomic E-state index is 5.86. The fraction of sp³-hybridized carbons (Fsp3) is 1.00. The molecule has 0 radical (unpaired) electrons. The predicted octanol–water partition coefficient (Wildman–Crippen LogP) is 0.114. The lowest BCUT2D eigenvalue weighted by atomic mass is 10.0. The number of hydrogen-bond donors (Lipinski definition) is 1. The molecule has 0 spiro atoms. The van der Waals surface area contributed by atoms with Gasteiger partial charge >= 0.3 is 0 Å². The lowest BCUT2D eigenvalue weighted by Crippen LogP contribution is -2.56. The van der Waals surface area contributed by atoms with Crippen molar-refractivity contribution in [3.63, 3.8) is 0 Å². The highest BCUT2D eigenvalue weighted by atomic mass is 15.3. The summed E-state index contributed by atoms with van der Waals surface area (Å²) in [6, 6.07) is 1.35. The van der Waals surface area contributed by atoms with Crippen molar-refractivity contribution in [1.29, 1.82) is 0 Å². The molecule has 2 aliphatic rings. The van der Waals surface area contributed by atoms with E-state index in [0.29, 0.717) is 6.04 Å². The number of likely N-dealkylation sites (N-methyl/N-ethyl adjacent to an activating group) is 1. The summed E-state index contributed by atoms with van der Waals surface area (Å²) < 4.78 is 0. The minimum absolute atomic E-state index is 0.626. The third-order valence-electron chi connectivity index (χ3n) is 3.62. The van der Waals surface area contributed by atoms with Crippen LogP contribution in [0.4, 0.5) is 0 Å². The molecule has 0 amide bonds. The van der Waals surface area contributed by atoms with Crippen molar-refractivity contribution in [2.75, 3.05) is 33.2 Å². The highest BCUT2D eigenvalue weighted by Gasteiger charge is 2.34. The van der Waals surface area contributed by atoms with Crippen LogP contribution in [-0.4, -0.2) is 55.1 Å². The molecule has 3 heteroatoms. The number of likely N-dealkylation sites (tertiary alicyclic amines) is 2. The maximum Gasteiger partial charge on any atom is 0.0373 e. The molecule has 0 saturated carbocycles. The van der Waals surface area contributed by atoms with Crippen LogP contribution in [0.2, 0.25) is 0 Å². The predicted molar refractivity (Wildman–Crippen MR) is 54.7 cm³/mol. The van der Waals surface area contributed by atoms with Crippen LogP contribution in [0.1, 0.15) is 19.3 Å². The van der Waals surface area contributed by atoms with Gasteiger partial charge in [0.2, 0.25) is 0 Å². The van der Waals surface area contributed by atoms with E-state index in [1.165, 1.54) is 38.9 Å². The smallest absolute Gasteiger partial charge is 0.0373 e. The van der Waals surface area contributed by atoms with Crippen LogP contribution in [0.5, 0.6) is 0 Å². The van der Waals surface area contributed by atoms with Crippen LogP contribution < -0.4 is 5.73 Å². The van der Waals surface area contributed by atoms with Gasteiger partial charge in [0, 0.05) is 18.6 Å². The Morgan fingerprint density at radius 1 is 1.31 bits per heavy atom. The molecule has 2 atom stereocenters. The first-order chi connectivity index (χ1) is 6.33. The van der Waals surface area contributed by atoms with Crippen molar-refractivity contribution in [2.24, 2.45) is 5.73 Å². The first-order valence-corrected chi connectivity index (χ1v) is 5.47. The Kier molecular flexibility index (Phi) is 2.86. The van der Waals surface area contributed by atoms with Gasteiger partial charge < -0.3 is 10.6 Å². The summed E-state index contributed by atoms with van der Waals surface area (Å²) >= 11 is 0. The average molecular weight is 183 g/mol. The van der Waals surface area contributed by atoms with Gasteiger partial charge in [-0.1, -0.05) is 0 Å². The second kappa shape index (κ2) is 3.95. The molecule has 2 fully saturated rings. The molecule has 3 nitrogen and oxygen atoms in total. The molecule has 0 aliphatic carbocycles. The molecule has 2 saturated heterocycles. The molecule has 0 aromatic rings.